The van der Waals surface area contributed by atoms with Gasteiger partial charge in [-0.1, -0.05) is 49.6 Å². The molecule has 0 saturated heterocycles. The topological polar surface area (TPSA) is 55.4 Å². The Bertz CT molecular complexity index is 776. The number of esters is 1. The summed E-state index contributed by atoms with van der Waals surface area (Å²) in [6.45, 7) is 1.97. The average molecular weight is 372 g/mol. The quantitative estimate of drug-likeness (QED) is 0.714. The molecule has 0 bridgehead atoms. The Labute approximate surface area is 158 Å². The van der Waals surface area contributed by atoms with Gasteiger partial charge in [-0.2, -0.15) is 0 Å². The normalized spacial score (nSPS) is 14.8. The minimum Gasteiger partial charge on any atom is -0.465 e. The molecule has 1 aliphatic carbocycles. The lowest BCUT2D eigenvalue weighted by molar-refractivity contribution is -0.117. The van der Waals surface area contributed by atoms with Crippen molar-refractivity contribution in [3.05, 3.63) is 40.8 Å². The van der Waals surface area contributed by atoms with Gasteiger partial charge in [0.15, 0.2) is 0 Å². The van der Waals surface area contributed by atoms with Crippen molar-refractivity contribution >= 4 is 28.2 Å². The van der Waals surface area contributed by atoms with Crippen molar-refractivity contribution in [1.82, 2.24) is 0 Å². The van der Waals surface area contributed by atoms with E-state index in [1.807, 2.05) is 37.3 Å². The Morgan fingerprint density at radius 1 is 1.15 bits per heavy atom. The Morgan fingerprint density at radius 2 is 1.85 bits per heavy atom. The van der Waals surface area contributed by atoms with Gasteiger partial charge in [-0.05, 0) is 31.2 Å². The first-order valence-corrected chi connectivity index (χ1v) is 9.98. The van der Waals surface area contributed by atoms with E-state index in [0.717, 1.165) is 28.8 Å². The molecule has 1 fully saturated rings. The van der Waals surface area contributed by atoms with Gasteiger partial charge in [-0.15, -0.1) is 11.3 Å². The molecule has 0 atom stereocenters. The zero-order chi connectivity index (χ0) is 18.5. The predicted octanol–water partition coefficient (Wildman–Crippen LogP) is 5.42. The number of rotatable bonds is 5. The van der Waals surface area contributed by atoms with E-state index >= 15 is 0 Å². The van der Waals surface area contributed by atoms with Gasteiger partial charge >= 0.3 is 5.97 Å². The molecule has 1 aliphatic rings. The molecular formula is C21H25NO3S. The van der Waals surface area contributed by atoms with Crippen molar-refractivity contribution in [2.24, 2.45) is 5.92 Å². The molecule has 1 saturated carbocycles. The van der Waals surface area contributed by atoms with Crippen LogP contribution in [0.4, 0.5) is 5.00 Å². The second-order valence-electron chi connectivity index (χ2n) is 6.85. The lowest BCUT2D eigenvalue weighted by atomic mass is 9.87. The molecule has 0 radical (unpaired) electrons. The van der Waals surface area contributed by atoms with Crippen LogP contribution in [0.25, 0.3) is 11.1 Å². The van der Waals surface area contributed by atoms with Gasteiger partial charge in [-0.3, -0.25) is 4.79 Å². The van der Waals surface area contributed by atoms with E-state index in [9.17, 15) is 9.59 Å². The first kappa shape index (κ1) is 18.6. The van der Waals surface area contributed by atoms with Gasteiger partial charge < -0.3 is 10.1 Å². The van der Waals surface area contributed by atoms with Crippen LogP contribution in [0.3, 0.4) is 0 Å². The number of nitrogens with one attached hydrogen (secondary N) is 1. The van der Waals surface area contributed by atoms with Gasteiger partial charge in [0.2, 0.25) is 5.91 Å². The van der Waals surface area contributed by atoms with Crippen molar-refractivity contribution in [1.29, 1.82) is 0 Å². The molecule has 138 valence electrons. The molecule has 2 aromatic rings. The minimum absolute atomic E-state index is 0.0112. The average Bonchev–Trinajstić information content (AvgIpc) is 2.98. The summed E-state index contributed by atoms with van der Waals surface area (Å²) >= 11 is 1.44. The summed E-state index contributed by atoms with van der Waals surface area (Å²) in [5.74, 6) is 0.0315. The maximum absolute atomic E-state index is 12.5. The van der Waals surface area contributed by atoms with Crippen LogP contribution in [0.1, 0.15) is 53.8 Å². The van der Waals surface area contributed by atoms with E-state index in [1.54, 1.807) is 0 Å². The number of benzene rings is 1. The van der Waals surface area contributed by atoms with Gasteiger partial charge in [-0.25, -0.2) is 4.79 Å². The van der Waals surface area contributed by atoms with Crippen molar-refractivity contribution in [2.75, 3.05) is 12.4 Å². The predicted molar refractivity (Wildman–Crippen MR) is 106 cm³/mol. The van der Waals surface area contributed by atoms with Crippen LogP contribution in [0.5, 0.6) is 0 Å². The van der Waals surface area contributed by atoms with Crippen LogP contribution >= 0.6 is 11.3 Å². The molecule has 3 rings (SSSR count). The summed E-state index contributed by atoms with van der Waals surface area (Å²) in [5, 5.41) is 3.57. The zero-order valence-electron chi connectivity index (χ0n) is 15.3. The summed E-state index contributed by atoms with van der Waals surface area (Å²) in [6.07, 6.45) is 6.46. The highest BCUT2D eigenvalue weighted by molar-refractivity contribution is 7.17. The monoisotopic (exact) mass is 371 g/mol. The number of hydrogen-bond acceptors (Lipinski definition) is 4. The lowest BCUT2D eigenvalue weighted by Crippen LogP contribution is -2.19. The maximum Gasteiger partial charge on any atom is 0.341 e. The van der Waals surface area contributed by atoms with Gasteiger partial charge in [0, 0.05) is 16.9 Å². The lowest BCUT2D eigenvalue weighted by Gasteiger charge is -2.20. The molecule has 5 heteroatoms. The van der Waals surface area contributed by atoms with E-state index in [0.29, 0.717) is 22.9 Å². The van der Waals surface area contributed by atoms with E-state index in [4.69, 9.17) is 4.74 Å². The highest BCUT2D eigenvalue weighted by atomic mass is 32.1. The van der Waals surface area contributed by atoms with Crippen LogP contribution in [0.2, 0.25) is 0 Å². The molecule has 1 heterocycles. The minimum atomic E-state index is -0.416. The summed E-state index contributed by atoms with van der Waals surface area (Å²) in [6, 6.07) is 9.75. The van der Waals surface area contributed by atoms with Gasteiger partial charge in [0.05, 0.1) is 7.11 Å². The molecule has 1 aromatic heterocycles. The Balaban J connectivity index is 1.87. The van der Waals surface area contributed by atoms with E-state index < -0.39 is 5.97 Å². The van der Waals surface area contributed by atoms with E-state index in [2.05, 4.69) is 5.32 Å². The molecule has 1 N–H and O–H groups in total. The number of anilines is 1. The number of hydrogen-bond donors (Lipinski definition) is 1. The highest BCUT2D eigenvalue weighted by Gasteiger charge is 2.26. The molecule has 4 nitrogen and oxygen atoms in total. The third-order valence-electron chi connectivity index (χ3n) is 4.99. The maximum atomic E-state index is 12.5. The second-order valence-corrected chi connectivity index (χ2v) is 8.08. The number of carbonyl (C=O) groups is 2. The van der Waals surface area contributed by atoms with E-state index in [-0.39, 0.29) is 5.91 Å². The van der Waals surface area contributed by atoms with Crippen molar-refractivity contribution in [3.63, 3.8) is 0 Å². The van der Waals surface area contributed by atoms with Crippen LogP contribution < -0.4 is 5.32 Å². The molecule has 1 aromatic carbocycles. The summed E-state index contributed by atoms with van der Waals surface area (Å²) in [5.41, 5.74) is 2.25. The second kappa shape index (κ2) is 8.49. The Kier molecular flexibility index (Phi) is 6.09. The van der Waals surface area contributed by atoms with Crippen molar-refractivity contribution in [3.8, 4) is 11.1 Å². The van der Waals surface area contributed by atoms with E-state index in [1.165, 1.54) is 37.7 Å². The number of ether oxygens (including phenoxy) is 1. The van der Waals surface area contributed by atoms with Crippen LogP contribution in [0.15, 0.2) is 30.3 Å². The fourth-order valence-corrected chi connectivity index (χ4v) is 4.79. The first-order valence-electron chi connectivity index (χ1n) is 9.17. The Morgan fingerprint density at radius 3 is 2.50 bits per heavy atom. The highest BCUT2D eigenvalue weighted by Crippen LogP contribution is 2.40. The fraction of sp³-hybridized carbons (Fsp3) is 0.429. The molecule has 1 amide bonds. The number of methoxy groups -OCH3 is 1. The standard InChI is InChI=1S/C21H25NO3S/c1-14-18(16-11-7-4-8-12-16)19(21(24)25-2)20(26-14)22-17(23)13-15-9-5-3-6-10-15/h4,7-8,11-12,15H,3,5-6,9-10,13H2,1-2H3,(H,22,23). The summed E-state index contributed by atoms with van der Waals surface area (Å²) in [7, 11) is 1.37. The molecule has 0 spiro atoms. The van der Waals surface area contributed by atoms with Crippen molar-refractivity contribution < 1.29 is 14.3 Å². The fourth-order valence-electron chi connectivity index (χ4n) is 3.71. The van der Waals surface area contributed by atoms with Gasteiger partial charge in [0.1, 0.15) is 10.6 Å². The number of aryl methyl sites for hydroxylation is 1. The SMILES string of the molecule is COC(=O)c1c(NC(=O)CC2CCCCC2)sc(C)c1-c1ccccc1. The van der Waals surface area contributed by atoms with Crippen LogP contribution in [-0.4, -0.2) is 19.0 Å². The zero-order valence-corrected chi connectivity index (χ0v) is 16.2. The number of amides is 1. The summed E-state index contributed by atoms with van der Waals surface area (Å²) < 4.78 is 5.00. The third-order valence-corrected chi connectivity index (χ3v) is 6.01. The van der Waals surface area contributed by atoms with Crippen LogP contribution in [-0.2, 0) is 9.53 Å². The largest absolute Gasteiger partial charge is 0.465 e. The summed E-state index contributed by atoms with van der Waals surface area (Å²) in [4.78, 5) is 26.0. The number of thiophene rings is 1. The third kappa shape index (κ3) is 4.15. The first-order chi connectivity index (χ1) is 12.6. The molecule has 0 aliphatic heterocycles. The van der Waals surface area contributed by atoms with Gasteiger partial charge in [0.25, 0.3) is 0 Å². The molecule has 26 heavy (non-hydrogen) atoms. The number of carbonyl (C=O) groups excluding carboxylic acids is 2. The molecular weight excluding hydrogens is 346 g/mol. The Hall–Kier alpha value is -2.14. The smallest absolute Gasteiger partial charge is 0.341 e. The molecule has 0 unspecified atom stereocenters. The van der Waals surface area contributed by atoms with Crippen molar-refractivity contribution in [2.45, 2.75) is 45.4 Å². The van der Waals surface area contributed by atoms with Crippen LogP contribution in [0, 0.1) is 12.8 Å².